The van der Waals surface area contributed by atoms with Crippen LogP contribution in [0, 0.1) is 5.82 Å². The number of hydrogen-bond acceptors (Lipinski definition) is 1. The fourth-order valence-electron chi connectivity index (χ4n) is 1.31. The number of benzene rings is 1. The zero-order valence-corrected chi connectivity index (χ0v) is 9.81. The molecular formula is C11H14BrFO. The number of halogens is 2. The van der Waals surface area contributed by atoms with Crippen LogP contribution in [0.4, 0.5) is 4.39 Å². The smallest absolute Gasteiger partial charge is 0.165 e. The van der Waals surface area contributed by atoms with Crippen molar-refractivity contribution < 1.29 is 9.13 Å². The first-order valence-electron chi connectivity index (χ1n) is 4.75. The summed E-state index contributed by atoms with van der Waals surface area (Å²) in [6.45, 7) is 2.36. The van der Waals surface area contributed by atoms with Crippen molar-refractivity contribution in [3.05, 3.63) is 29.6 Å². The van der Waals surface area contributed by atoms with E-state index in [1.807, 2.05) is 13.0 Å². The van der Waals surface area contributed by atoms with Gasteiger partial charge >= 0.3 is 0 Å². The summed E-state index contributed by atoms with van der Waals surface area (Å²) in [6, 6.07) is 5.07. The minimum Gasteiger partial charge on any atom is -0.491 e. The van der Waals surface area contributed by atoms with Crippen molar-refractivity contribution in [1.82, 2.24) is 0 Å². The largest absolute Gasteiger partial charge is 0.491 e. The van der Waals surface area contributed by atoms with Crippen molar-refractivity contribution >= 4 is 15.9 Å². The molecule has 1 aromatic rings. The van der Waals surface area contributed by atoms with E-state index in [1.165, 1.54) is 6.07 Å². The second-order valence-corrected chi connectivity index (χ2v) is 3.75. The maximum Gasteiger partial charge on any atom is 0.165 e. The molecule has 0 N–H and O–H groups in total. The highest BCUT2D eigenvalue weighted by atomic mass is 79.9. The van der Waals surface area contributed by atoms with Gasteiger partial charge in [0.25, 0.3) is 0 Å². The van der Waals surface area contributed by atoms with Gasteiger partial charge in [-0.3, -0.25) is 0 Å². The van der Waals surface area contributed by atoms with E-state index in [0.29, 0.717) is 12.4 Å². The number of para-hydroxylation sites is 1. The van der Waals surface area contributed by atoms with Gasteiger partial charge < -0.3 is 4.74 Å². The minimum atomic E-state index is -0.265. The van der Waals surface area contributed by atoms with E-state index < -0.39 is 0 Å². The molecule has 0 aliphatic carbocycles. The van der Waals surface area contributed by atoms with Gasteiger partial charge in [0.05, 0.1) is 6.61 Å². The predicted molar refractivity (Wildman–Crippen MR) is 59.7 cm³/mol. The fourth-order valence-corrected chi connectivity index (χ4v) is 1.59. The summed E-state index contributed by atoms with van der Waals surface area (Å²) in [5.74, 6) is 0.148. The van der Waals surface area contributed by atoms with Crippen LogP contribution in [0.25, 0.3) is 0 Å². The average molecular weight is 261 g/mol. The van der Waals surface area contributed by atoms with E-state index in [9.17, 15) is 4.39 Å². The molecule has 0 atom stereocenters. The van der Waals surface area contributed by atoms with Gasteiger partial charge in [-0.2, -0.15) is 0 Å². The summed E-state index contributed by atoms with van der Waals surface area (Å²) in [5, 5.41) is 0.926. The highest BCUT2D eigenvalue weighted by Crippen LogP contribution is 2.24. The molecule has 0 unspecified atom stereocenters. The Morgan fingerprint density at radius 1 is 1.43 bits per heavy atom. The molecule has 0 radical (unpaired) electrons. The second-order valence-electron chi connectivity index (χ2n) is 2.95. The molecule has 3 heteroatoms. The standard InChI is InChI=1S/C11H14BrFO/c1-2-14-11-9(6-4-8-12)5-3-7-10(11)13/h3,5,7H,2,4,6,8H2,1H3. The van der Waals surface area contributed by atoms with E-state index in [0.717, 1.165) is 23.7 Å². The number of hydrogen-bond donors (Lipinski definition) is 0. The molecule has 0 heterocycles. The van der Waals surface area contributed by atoms with Gasteiger partial charge in [-0.05, 0) is 31.4 Å². The van der Waals surface area contributed by atoms with Crippen molar-refractivity contribution in [2.45, 2.75) is 19.8 Å². The van der Waals surface area contributed by atoms with Crippen LogP contribution in [-0.2, 0) is 6.42 Å². The van der Waals surface area contributed by atoms with Crippen molar-refractivity contribution in [2.75, 3.05) is 11.9 Å². The Kier molecular flexibility index (Phi) is 4.94. The van der Waals surface area contributed by atoms with E-state index in [1.54, 1.807) is 6.07 Å². The minimum absolute atomic E-state index is 0.265. The van der Waals surface area contributed by atoms with Crippen molar-refractivity contribution in [1.29, 1.82) is 0 Å². The van der Waals surface area contributed by atoms with E-state index >= 15 is 0 Å². The highest BCUT2D eigenvalue weighted by molar-refractivity contribution is 9.09. The van der Waals surface area contributed by atoms with Crippen molar-refractivity contribution in [3.63, 3.8) is 0 Å². The lowest BCUT2D eigenvalue weighted by Crippen LogP contribution is -1.99. The first kappa shape index (κ1) is 11.5. The molecule has 0 amide bonds. The van der Waals surface area contributed by atoms with Crippen LogP contribution in [0.2, 0.25) is 0 Å². The summed E-state index contributed by atoms with van der Waals surface area (Å²) >= 11 is 3.35. The second kappa shape index (κ2) is 6.02. The van der Waals surface area contributed by atoms with Crippen molar-refractivity contribution in [2.24, 2.45) is 0 Å². The molecule has 1 nitrogen and oxygen atoms in total. The van der Waals surface area contributed by atoms with E-state index in [4.69, 9.17) is 4.74 Å². The molecule has 0 aliphatic rings. The first-order valence-corrected chi connectivity index (χ1v) is 5.88. The van der Waals surface area contributed by atoms with Gasteiger partial charge in [0, 0.05) is 5.33 Å². The number of rotatable bonds is 5. The van der Waals surface area contributed by atoms with Crippen LogP contribution in [-0.4, -0.2) is 11.9 Å². The Hall–Kier alpha value is -0.570. The van der Waals surface area contributed by atoms with Gasteiger partial charge in [-0.25, -0.2) is 4.39 Å². The molecular weight excluding hydrogens is 247 g/mol. The SMILES string of the molecule is CCOc1c(F)cccc1CCCBr. The molecule has 78 valence electrons. The topological polar surface area (TPSA) is 9.23 Å². The molecule has 0 aliphatic heterocycles. The number of alkyl halides is 1. The van der Waals surface area contributed by atoms with Gasteiger partial charge in [0.15, 0.2) is 11.6 Å². The zero-order valence-electron chi connectivity index (χ0n) is 8.22. The first-order chi connectivity index (χ1) is 6.79. The van der Waals surface area contributed by atoms with Gasteiger partial charge in [-0.1, -0.05) is 28.1 Å². The third-order valence-corrected chi connectivity index (χ3v) is 2.48. The zero-order chi connectivity index (χ0) is 10.4. The summed E-state index contributed by atoms with van der Waals surface area (Å²) in [5.41, 5.74) is 0.950. The van der Waals surface area contributed by atoms with Gasteiger partial charge in [0.2, 0.25) is 0 Å². The molecule has 14 heavy (non-hydrogen) atoms. The predicted octanol–water partition coefficient (Wildman–Crippen LogP) is 3.55. The monoisotopic (exact) mass is 260 g/mol. The maximum absolute atomic E-state index is 13.3. The molecule has 0 aromatic heterocycles. The lowest BCUT2D eigenvalue weighted by Gasteiger charge is -2.10. The lowest BCUT2D eigenvalue weighted by molar-refractivity contribution is 0.317. The lowest BCUT2D eigenvalue weighted by atomic mass is 10.1. The molecule has 1 aromatic carbocycles. The van der Waals surface area contributed by atoms with E-state index in [-0.39, 0.29) is 5.82 Å². The van der Waals surface area contributed by atoms with Crippen LogP contribution >= 0.6 is 15.9 Å². The van der Waals surface area contributed by atoms with Gasteiger partial charge in [0.1, 0.15) is 0 Å². The maximum atomic E-state index is 13.3. The normalized spacial score (nSPS) is 10.2. The summed E-state index contributed by atoms with van der Waals surface area (Å²) < 4.78 is 18.6. The van der Waals surface area contributed by atoms with Crippen LogP contribution in [0.1, 0.15) is 18.9 Å². The Morgan fingerprint density at radius 2 is 2.21 bits per heavy atom. The molecule has 0 saturated carbocycles. The van der Waals surface area contributed by atoms with Crippen LogP contribution in [0.15, 0.2) is 18.2 Å². The number of aryl methyl sites for hydroxylation is 1. The highest BCUT2D eigenvalue weighted by Gasteiger charge is 2.08. The molecule has 0 fully saturated rings. The van der Waals surface area contributed by atoms with E-state index in [2.05, 4.69) is 15.9 Å². The molecule has 0 spiro atoms. The van der Waals surface area contributed by atoms with Crippen molar-refractivity contribution in [3.8, 4) is 5.75 Å². The summed E-state index contributed by atoms with van der Waals surface area (Å²) in [4.78, 5) is 0. The van der Waals surface area contributed by atoms with Crippen LogP contribution in [0.3, 0.4) is 0 Å². The Morgan fingerprint density at radius 3 is 2.86 bits per heavy atom. The van der Waals surface area contributed by atoms with Crippen LogP contribution in [0.5, 0.6) is 5.75 Å². The molecule has 1 rings (SSSR count). The third-order valence-electron chi connectivity index (χ3n) is 1.92. The van der Waals surface area contributed by atoms with Crippen LogP contribution < -0.4 is 4.74 Å². The average Bonchev–Trinajstić information content (AvgIpc) is 2.19. The van der Waals surface area contributed by atoms with Gasteiger partial charge in [-0.15, -0.1) is 0 Å². The fraction of sp³-hybridized carbons (Fsp3) is 0.455. The molecule has 0 saturated heterocycles. The Bertz CT molecular complexity index is 289. The quantitative estimate of drug-likeness (QED) is 0.736. The Balaban J connectivity index is 2.83. The summed E-state index contributed by atoms with van der Waals surface area (Å²) in [6.07, 6.45) is 1.84. The third kappa shape index (κ3) is 2.98. The molecule has 0 bridgehead atoms. The summed E-state index contributed by atoms with van der Waals surface area (Å²) in [7, 11) is 0. The number of ether oxygens (including phenoxy) is 1. The Labute approximate surface area is 92.4 Å².